The van der Waals surface area contributed by atoms with Gasteiger partial charge in [0.05, 0.1) is 12.7 Å². The van der Waals surface area contributed by atoms with E-state index in [1.807, 2.05) is 24.3 Å². The fourth-order valence-electron chi connectivity index (χ4n) is 4.01. The first-order valence-electron chi connectivity index (χ1n) is 8.58. The first-order valence-corrected chi connectivity index (χ1v) is 8.58. The van der Waals surface area contributed by atoms with Crippen molar-refractivity contribution in [1.82, 2.24) is 4.90 Å². The van der Waals surface area contributed by atoms with Crippen LogP contribution in [0.1, 0.15) is 24.8 Å². The number of nitrogens with zero attached hydrogens (tertiary/aromatic N) is 2. The Morgan fingerprint density at radius 3 is 2.64 bits per heavy atom. The van der Waals surface area contributed by atoms with Gasteiger partial charge in [0.25, 0.3) is 0 Å². The van der Waals surface area contributed by atoms with E-state index in [1.165, 1.54) is 0 Å². The first-order chi connectivity index (χ1) is 12.1. The Kier molecular flexibility index (Phi) is 4.89. The third-order valence-electron chi connectivity index (χ3n) is 5.45. The van der Waals surface area contributed by atoms with E-state index in [-0.39, 0.29) is 17.7 Å². The number of piperidine rings is 1. The Bertz CT molecular complexity index is 695. The van der Waals surface area contributed by atoms with Crippen LogP contribution < -0.4 is 10.5 Å². The van der Waals surface area contributed by atoms with Gasteiger partial charge in [0.2, 0.25) is 11.7 Å². The molecule has 0 bridgehead atoms. The van der Waals surface area contributed by atoms with Crippen molar-refractivity contribution < 1.29 is 14.2 Å². The molecule has 2 aliphatic heterocycles. The summed E-state index contributed by atoms with van der Waals surface area (Å²) in [6.07, 6.45) is 0.716. The summed E-state index contributed by atoms with van der Waals surface area (Å²) in [6.45, 7) is 4.76. The van der Waals surface area contributed by atoms with Crippen LogP contribution in [0.3, 0.4) is 0 Å². The fourth-order valence-corrected chi connectivity index (χ4v) is 4.01. The van der Waals surface area contributed by atoms with E-state index >= 15 is 0 Å². The molecule has 2 aliphatic rings. The van der Waals surface area contributed by atoms with Crippen LogP contribution in [0, 0.1) is 17.2 Å². The average molecular weight is 343 g/mol. The number of likely N-dealkylation sites (tertiary alicyclic amines) is 1. The molecule has 2 N–H and O–H groups in total. The summed E-state index contributed by atoms with van der Waals surface area (Å²) in [7, 11) is 3.29. The molecule has 0 aliphatic carbocycles. The van der Waals surface area contributed by atoms with Crippen LogP contribution >= 0.6 is 0 Å². The third kappa shape index (κ3) is 2.94. The lowest BCUT2D eigenvalue weighted by Crippen LogP contribution is -2.58. The first kappa shape index (κ1) is 17.6. The molecule has 1 aromatic carbocycles. The van der Waals surface area contributed by atoms with Crippen molar-refractivity contribution in [3.8, 4) is 11.8 Å². The number of benzene rings is 1. The highest BCUT2D eigenvalue weighted by molar-refractivity contribution is 5.43. The Balaban J connectivity index is 2.09. The molecular weight excluding hydrogens is 318 g/mol. The molecule has 1 aromatic rings. The lowest BCUT2D eigenvalue weighted by Gasteiger charge is -2.51. The zero-order chi connectivity index (χ0) is 18.0. The highest BCUT2D eigenvalue weighted by Crippen LogP contribution is 2.49. The summed E-state index contributed by atoms with van der Waals surface area (Å²) in [5.41, 5.74) is 7.62. The van der Waals surface area contributed by atoms with Gasteiger partial charge in [-0.1, -0.05) is 19.1 Å². The van der Waals surface area contributed by atoms with E-state index in [0.29, 0.717) is 12.0 Å². The van der Waals surface area contributed by atoms with E-state index in [9.17, 15) is 5.26 Å². The van der Waals surface area contributed by atoms with Crippen LogP contribution in [0.4, 0.5) is 0 Å². The maximum Gasteiger partial charge on any atom is 0.218 e. The van der Waals surface area contributed by atoms with Crippen molar-refractivity contribution in [2.24, 2.45) is 11.7 Å². The lowest BCUT2D eigenvalue weighted by molar-refractivity contribution is -0.265. The standard InChI is InChI=1S/C19H25N3O3/c1-4-22-10-9-19(24-3)16(12-22)17(15(11-20)18(21)25-19)13-5-7-14(23-2)8-6-13/h5-8,16-17H,4,9-10,12,21H2,1-3H3/t16-,17+,19+/m0/s1. The van der Waals surface area contributed by atoms with E-state index in [1.54, 1.807) is 14.2 Å². The molecule has 0 radical (unpaired) electrons. The predicted molar refractivity (Wildman–Crippen MR) is 93.6 cm³/mol. The third-order valence-corrected chi connectivity index (χ3v) is 5.45. The fraction of sp³-hybridized carbons (Fsp3) is 0.526. The Morgan fingerprint density at radius 1 is 1.36 bits per heavy atom. The van der Waals surface area contributed by atoms with Crippen LogP contribution in [-0.2, 0) is 9.47 Å². The molecular formula is C19H25N3O3. The monoisotopic (exact) mass is 343 g/mol. The summed E-state index contributed by atoms with van der Waals surface area (Å²) in [4.78, 5) is 2.36. The summed E-state index contributed by atoms with van der Waals surface area (Å²) in [5.74, 6) is -0.0179. The normalized spacial score (nSPS) is 29.5. The molecule has 0 saturated carbocycles. The van der Waals surface area contributed by atoms with E-state index in [4.69, 9.17) is 19.9 Å². The quantitative estimate of drug-likeness (QED) is 0.902. The molecule has 2 heterocycles. The molecule has 1 fully saturated rings. The highest BCUT2D eigenvalue weighted by atomic mass is 16.7. The van der Waals surface area contributed by atoms with Crippen LogP contribution in [0.25, 0.3) is 0 Å². The van der Waals surface area contributed by atoms with Gasteiger partial charge in [-0.15, -0.1) is 0 Å². The molecule has 0 aromatic heterocycles. The molecule has 1 saturated heterocycles. The molecule has 0 spiro atoms. The van der Waals surface area contributed by atoms with Gasteiger partial charge in [-0.25, -0.2) is 0 Å². The number of fused-ring (bicyclic) bond motifs is 1. The SMILES string of the molecule is CCN1CC[C@@]2(OC)OC(N)=C(C#N)[C@@H](c3ccc(OC)cc3)[C@@H]2C1. The summed E-state index contributed by atoms with van der Waals surface area (Å²) >= 11 is 0. The van der Waals surface area contributed by atoms with Crippen molar-refractivity contribution in [1.29, 1.82) is 5.26 Å². The molecule has 3 rings (SSSR count). The molecule has 25 heavy (non-hydrogen) atoms. The van der Waals surface area contributed by atoms with Crippen LogP contribution in [0.15, 0.2) is 35.7 Å². The van der Waals surface area contributed by atoms with Gasteiger partial charge in [-0.3, -0.25) is 0 Å². The predicted octanol–water partition coefficient (Wildman–Crippen LogP) is 2.19. The zero-order valence-electron chi connectivity index (χ0n) is 15.0. The van der Waals surface area contributed by atoms with Crippen molar-refractivity contribution in [3.63, 3.8) is 0 Å². The average Bonchev–Trinajstić information content (AvgIpc) is 2.66. The minimum atomic E-state index is -0.791. The second-order valence-corrected chi connectivity index (χ2v) is 6.51. The second-order valence-electron chi connectivity index (χ2n) is 6.51. The number of hydrogen-bond acceptors (Lipinski definition) is 6. The minimum Gasteiger partial charge on any atom is -0.497 e. The summed E-state index contributed by atoms with van der Waals surface area (Å²) in [6, 6.07) is 10.1. The number of allylic oxidation sites excluding steroid dienone is 1. The molecule has 6 nitrogen and oxygen atoms in total. The van der Waals surface area contributed by atoms with Gasteiger partial charge in [0, 0.05) is 38.5 Å². The number of nitriles is 1. The molecule has 0 unspecified atom stereocenters. The maximum absolute atomic E-state index is 9.72. The van der Waals surface area contributed by atoms with E-state index in [2.05, 4.69) is 17.9 Å². The van der Waals surface area contributed by atoms with Gasteiger partial charge >= 0.3 is 0 Å². The van der Waals surface area contributed by atoms with Crippen LogP contribution in [0.2, 0.25) is 0 Å². The highest BCUT2D eigenvalue weighted by Gasteiger charge is 2.54. The largest absolute Gasteiger partial charge is 0.497 e. The van der Waals surface area contributed by atoms with Gasteiger partial charge in [0.1, 0.15) is 11.8 Å². The number of nitrogens with two attached hydrogens (primary N) is 1. The zero-order valence-corrected chi connectivity index (χ0v) is 15.0. The van der Waals surface area contributed by atoms with Gasteiger partial charge < -0.3 is 24.8 Å². The molecule has 6 heteroatoms. The van der Waals surface area contributed by atoms with Gasteiger partial charge in [-0.05, 0) is 24.2 Å². The Morgan fingerprint density at radius 2 is 2.08 bits per heavy atom. The number of ether oxygens (including phenoxy) is 3. The van der Waals surface area contributed by atoms with Crippen molar-refractivity contribution in [2.45, 2.75) is 25.0 Å². The van der Waals surface area contributed by atoms with E-state index in [0.717, 1.165) is 30.9 Å². The van der Waals surface area contributed by atoms with E-state index < -0.39 is 5.79 Å². The topological polar surface area (TPSA) is 80.7 Å². The lowest BCUT2D eigenvalue weighted by atomic mass is 9.72. The van der Waals surface area contributed by atoms with Crippen molar-refractivity contribution in [2.75, 3.05) is 33.9 Å². The number of rotatable bonds is 4. The van der Waals surface area contributed by atoms with Gasteiger partial charge in [-0.2, -0.15) is 5.26 Å². The summed E-state index contributed by atoms with van der Waals surface area (Å²) < 4.78 is 17.1. The maximum atomic E-state index is 9.72. The number of hydrogen-bond donors (Lipinski definition) is 1. The minimum absolute atomic E-state index is 0.0125. The Labute approximate surface area is 148 Å². The Hall–Kier alpha value is -2.23. The number of methoxy groups -OCH3 is 2. The van der Waals surface area contributed by atoms with Crippen LogP contribution in [0.5, 0.6) is 5.75 Å². The van der Waals surface area contributed by atoms with Gasteiger partial charge in [0.15, 0.2) is 0 Å². The molecule has 3 atom stereocenters. The molecule has 134 valence electrons. The second kappa shape index (κ2) is 6.95. The summed E-state index contributed by atoms with van der Waals surface area (Å²) in [5, 5.41) is 9.72. The van der Waals surface area contributed by atoms with Crippen molar-refractivity contribution >= 4 is 0 Å². The van der Waals surface area contributed by atoms with Crippen molar-refractivity contribution in [3.05, 3.63) is 41.3 Å². The molecule has 0 amide bonds. The van der Waals surface area contributed by atoms with Crippen LogP contribution in [-0.4, -0.2) is 44.5 Å². The smallest absolute Gasteiger partial charge is 0.218 e.